The van der Waals surface area contributed by atoms with E-state index < -0.39 is 35.0 Å². The van der Waals surface area contributed by atoms with E-state index in [2.05, 4.69) is 4.74 Å². The maximum absolute atomic E-state index is 12.5. The smallest absolute Gasteiger partial charge is 0.351 e. The summed E-state index contributed by atoms with van der Waals surface area (Å²) in [5.74, 6) is -4.50. The van der Waals surface area contributed by atoms with E-state index in [0.29, 0.717) is 5.56 Å². The van der Waals surface area contributed by atoms with Gasteiger partial charge in [-0.2, -0.15) is 0 Å². The van der Waals surface area contributed by atoms with Crippen LogP contribution in [0.1, 0.15) is 35.7 Å². The highest BCUT2D eigenvalue weighted by atomic mass is 16.6. The van der Waals surface area contributed by atoms with Crippen LogP contribution >= 0.6 is 0 Å². The van der Waals surface area contributed by atoms with Gasteiger partial charge in [-0.05, 0) is 19.9 Å². The van der Waals surface area contributed by atoms with Gasteiger partial charge < -0.3 is 18.6 Å². The molecule has 0 aliphatic heterocycles. The molecule has 0 aliphatic rings. The lowest BCUT2D eigenvalue weighted by Gasteiger charge is -2.17. The summed E-state index contributed by atoms with van der Waals surface area (Å²) in [4.78, 5) is 49.7. The molecule has 0 saturated carbocycles. The molecule has 1 aromatic heterocycles. The van der Waals surface area contributed by atoms with E-state index in [1.807, 2.05) is 0 Å². The summed E-state index contributed by atoms with van der Waals surface area (Å²) >= 11 is 0. The molecule has 2 aromatic rings. The van der Waals surface area contributed by atoms with E-state index in [0.717, 1.165) is 7.11 Å². The Labute approximate surface area is 161 Å². The second-order valence-corrected chi connectivity index (χ2v) is 5.52. The van der Waals surface area contributed by atoms with Crippen molar-refractivity contribution in [2.45, 2.75) is 19.8 Å². The Morgan fingerprint density at radius 3 is 2.07 bits per heavy atom. The summed E-state index contributed by atoms with van der Waals surface area (Å²) in [6.07, 6.45) is 0. The fourth-order valence-corrected chi connectivity index (χ4v) is 2.59. The molecule has 1 heterocycles. The number of hydrogen-bond donors (Lipinski definition) is 0. The third-order valence-corrected chi connectivity index (χ3v) is 3.79. The summed E-state index contributed by atoms with van der Waals surface area (Å²) in [5, 5.41) is 0. The van der Waals surface area contributed by atoms with Crippen LogP contribution in [-0.4, -0.2) is 38.2 Å². The van der Waals surface area contributed by atoms with E-state index >= 15 is 0 Å². The van der Waals surface area contributed by atoms with Crippen LogP contribution < -0.4 is 5.63 Å². The zero-order valence-corrected chi connectivity index (χ0v) is 15.7. The van der Waals surface area contributed by atoms with Crippen molar-refractivity contribution in [2.75, 3.05) is 20.3 Å². The number of benzene rings is 1. The molecule has 1 aromatic carbocycles. The molecule has 0 amide bonds. The fraction of sp³-hybridized carbons (Fsp3) is 0.300. The molecule has 0 unspecified atom stereocenters. The maximum atomic E-state index is 12.5. The van der Waals surface area contributed by atoms with Gasteiger partial charge in [0.05, 0.1) is 20.3 Å². The molecule has 8 nitrogen and oxygen atoms in total. The topological polar surface area (TPSA) is 109 Å². The van der Waals surface area contributed by atoms with E-state index in [1.54, 1.807) is 44.2 Å². The molecular formula is C20H20O8. The second-order valence-electron chi connectivity index (χ2n) is 5.52. The molecule has 0 radical (unpaired) electrons. The Bertz CT molecular complexity index is 896. The monoisotopic (exact) mass is 388 g/mol. The minimum Gasteiger partial charge on any atom is -0.465 e. The van der Waals surface area contributed by atoms with Gasteiger partial charge in [0.15, 0.2) is 5.92 Å². The third-order valence-electron chi connectivity index (χ3n) is 3.79. The molecule has 0 aliphatic carbocycles. The number of rotatable bonds is 7. The van der Waals surface area contributed by atoms with Crippen molar-refractivity contribution in [3.8, 4) is 11.3 Å². The molecule has 148 valence electrons. The minimum absolute atomic E-state index is 0.00468. The van der Waals surface area contributed by atoms with Gasteiger partial charge in [0.2, 0.25) is 0 Å². The van der Waals surface area contributed by atoms with E-state index in [-0.39, 0.29) is 24.5 Å². The largest absolute Gasteiger partial charge is 0.465 e. The van der Waals surface area contributed by atoms with Crippen molar-refractivity contribution >= 4 is 17.9 Å². The van der Waals surface area contributed by atoms with E-state index in [9.17, 15) is 19.2 Å². The maximum Gasteiger partial charge on any atom is 0.351 e. The summed E-state index contributed by atoms with van der Waals surface area (Å²) < 4.78 is 19.8. The summed E-state index contributed by atoms with van der Waals surface area (Å²) in [7, 11) is 1.07. The molecule has 0 fully saturated rings. The zero-order chi connectivity index (χ0) is 20.7. The average Bonchev–Trinajstić information content (AvgIpc) is 2.68. The lowest BCUT2D eigenvalue weighted by molar-refractivity contribution is -0.156. The summed E-state index contributed by atoms with van der Waals surface area (Å²) in [6.45, 7) is 3.12. The minimum atomic E-state index is -1.64. The van der Waals surface area contributed by atoms with Crippen LogP contribution in [0, 0.1) is 0 Å². The predicted octanol–water partition coefficient (Wildman–Crippen LogP) is 2.30. The third kappa shape index (κ3) is 4.46. The van der Waals surface area contributed by atoms with Crippen LogP contribution in [0.15, 0.2) is 45.6 Å². The SMILES string of the molecule is CCOC(=O)C(C(=O)OCC)c1cc(-c2ccccc2)oc(=O)c1C(=O)OC. The number of methoxy groups -OCH3 is 1. The first-order valence-electron chi connectivity index (χ1n) is 8.59. The molecular weight excluding hydrogens is 368 g/mol. The van der Waals surface area contributed by atoms with Crippen LogP contribution in [0.3, 0.4) is 0 Å². The molecule has 8 heteroatoms. The van der Waals surface area contributed by atoms with Crippen LogP contribution in [0.25, 0.3) is 11.3 Å². The highest BCUT2D eigenvalue weighted by molar-refractivity contribution is 6.04. The van der Waals surface area contributed by atoms with Crippen molar-refractivity contribution in [2.24, 2.45) is 0 Å². The Morgan fingerprint density at radius 1 is 1.00 bits per heavy atom. The second kappa shape index (κ2) is 9.50. The summed E-state index contributed by atoms with van der Waals surface area (Å²) in [6, 6.07) is 9.83. The normalized spacial score (nSPS) is 10.4. The van der Waals surface area contributed by atoms with Crippen molar-refractivity contribution in [3.63, 3.8) is 0 Å². The number of hydrogen-bond acceptors (Lipinski definition) is 8. The Kier molecular flexibility index (Phi) is 7.08. The zero-order valence-electron chi connectivity index (χ0n) is 15.7. The van der Waals surface area contributed by atoms with E-state index in [1.165, 1.54) is 6.07 Å². The quantitative estimate of drug-likeness (QED) is 0.404. The first kappa shape index (κ1) is 20.9. The molecule has 0 atom stereocenters. The standard InChI is InChI=1S/C20H20O8/c1-4-26-18(22)16(19(23)27-5-2)13-11-14(12-9-7-6-8-10-12)28-20(24)15(13)17(21)25-3/h6-11,16H,4-5H2,1-3H3. The van der Waals surface area contributed by atoms with Gasteiger partial charge in [-0.25, -0.2) is 9.59 Å². The van der Waals surface area contributed by atoms with Crippen molar-refractivity contribution in [3.05, 3.63) is 57.9 Å². The van der Waals surface area contributed by atoms with Crippen LogP contribution in [0.5, 0.6) is 0 Å². The van der Waals surface area contributed by atoms with Gasteiger partial charge in [-0.3, -0.25) is 9.59 Å². The lowest BCUT2D eigenvalue weighted by atomic mass is 9.94. The Balaban J connectivity index is 2.76. The molecule has 0 bridgehead atoms. The number of carbonyl (C=O) groups is 3. The van der Waals surface area contributed by atoms with E-state index in [4.69, 9.17) is 13.9 Å². The molecule has 28 heavy (non-hydrogen) atoms. The van der Waals surface area contributed by atoms with Crippen LogP contribution in [0.4, 0.5) is 0 Å². The predicted molar refractivity (Wildman–Crippen MR) is 97.8 cm³/mol. The van der Waals surface area contributed by atoms with Crippen molar-refractivity contribution in [1.82, 2.24) is 0 Å². The highest BCUT2D eigenvalue weighted by Gasteiger charge is 2.37. The summed E-state index contributed by atoms with van der Waals surface area (Å²) in [5.41, 5.74) is -1.28. The number of esters is 3. The number of ether oxygens (including phenoxy) is 3. The van der Waals surface area contributed by atoms with Gasteiger partial charge in [0.1, 0.15) is 11.3 Å². The Morgan fingerprint density at radius 2 is 1.57 bits per heavy atom. The highest BCUT2D eigenvalue weighted by Crippen LogP contribution is 2.28. The number of carbonyl (C=O) groups excluding carboxylic acids is 3. The Hall–Kier alpha value is -3.42. The van der Waals surface area contributed by atoms with Crippen molar-refractivity contribution in [1.29, 1.82) is 0 Å². The van der Waals surface area contributed by atoms with Gasteiger partial charge >= 0.3 is 23.5 Å². The van der Waals surface area contributed by atoms with Gasteiger partial charge in [0, 0.05) is 11.1 Å². The van der Waals surface area contributed by atoms with Gasteiger partial charge in [0.25, 0.3) is 0 Å². The molecule has 0 N–H and O–H groups in total. The first-order chi connectivity index (χ1) is 13.4. The molecule has 0 spiro atoms. The fourth-order valence-electron chi connectivity index (χ4n) is 2.59. The van der Waals surface area contributed by atoms with Crippen LogP contribution in [-0.2, 0) is 23.8 Å². The lowest BCUT2D eigenvalue weighted by Crippen LogP contribution is -2.30. The average molecular weight is 388 g/mol. The van der Waals surface area contributed by atoms with Crippen molar-refractivity contribution < 1.29 is 33.0 Å². The van der Waals surface area contributed by atoms with Crippen LogP contribution in [0.2, 0.25) is 0 Å². The van der Waals surface area contributed by atoms with Gasteiger partial charge in [-0.1, -0.05) is 30.3 Å². The first-order valence-corrected chi connectivity index (χ1v) is 8.59. The van der Waals surface area contributed by atoms with Gasteiger partial charge in [-0.15, -0.1) is 0 Å². The molecule has 2 rings (SSSR count). The molecule has 0 saturated heterocycles.